The lowest BCUT2D eigenvalue weighted by Gasteiger charge is -2.31. The van der Waals surface area contributed by atoms with Gasteiger partial charge in [-0.05, 0) is 38.5 Å². The monoisotopic (exact) mass is 266 g/mol. The molecule has 106 valence electrons. The second-order valence-electron chi connectivity index (χ2n) is 6.51. The van der Waals surface area contributed by atoms with Crippen LogP contribution in [-0.4, -0.2) is 51.6 Å². The Balaban J connectivity index is 1.76. The third kappa shape index (κ3) is 1.90. The van der Waals surface area contributed by atoms with E-state index in [1.807, 2.05) is 9.80 Å². The van der Waals surface area contributed by atoms with Crippen LogP contribution in [0.25, 0.3) is 0 Å². The number of urea groups is 1. The Kier molecular flexibility index (Phi) is 2.95. The number of rotatable bonds is 1. The minimum atomic E-state index is -0.743. The van der Waals surface area contributed by atoms with Crippen molar-refractivity contribution in [3.8, 4) is 0 Å². The van der Waals surface area contributed by atoms with E-state index in [1.54, 1.807) is 0 Å². The molecular formula is C14H22N2O3. The molecule has 19 heavy (non-hydrogen) atoms. The summed E-state index contributed by atoms with van der Waals surface area (Å²) in [7, 11) is 0. The molecule has 0 saturated carbocycles. The van der Waals surface area contributed by atoms with Gasteiger partial charge in [0.2, 0.25) is 0 Å². The van der Waals surface area contributed by atoms with Crippen LogP contribution in [0.2, 0.25) is 0 Å². The van der Waals surface area contributed by atoms with E-state index in [2.05, 4.69) is 13.8 Å². The fraction of sp³-hybridized carbons (Fsp3) is 0.857. The molecule has 5 atom stereocenters. The largest absolute Gasteiger partial charge is 0.481 e. The molecule has 0 aromatic heterocycles. The number of carbonyl (C=O) groups is 2. The molecule has 3 fully saturated rings. The lowest BCUT2D eigenvalue weighted by molar-refractivity contribution is -0.142. The third-order valence-corrected chi connectivity index (χ3v) is 5.10. The van der Waals surface area contributed by atoms with Crippen LogP contribution in [0.1, 0.15) is 39.5 Å². The summed E-state index contributed by atoms with van der Waals surface area (Å²) >= 11 is 0. The summed E-state index contributed by atoms with van der Waals surface area (Å²) in [4.78, 5) is 27.8. The SMILES string of the molecule is CC1CC(C)N(C(=O)N2C3CCC2C(C(=O)O)C3)C1. The average molecular weight is 266 g/mol. The molecule has 0 aromatic carbocycles. The van der Waals surface area contributed by atoms with Crippen LogP contribution in [0, 0.1) is 11.8 Å². The minimum Gasteiger partial charge on any atom is -0.481 e. The molecule has 0 spiro atoms. The molecule has 5 unspecified atom stereocenters. The average Bonchev–Trinajstić information content (AvgIpc) is 3.00. The predicted molar refractivity (Wildman–Crippen MR) is 69.7 cm³/mol. The number of aliphatic carboxylic acids is 1. The van der Waals surface area contributed by atoms with Crippen LogP contribution < -0.4 is 0 Å². The summed E-state index contributed by atoms with van der Waals surface area (Å²) < 4.78 is 0. The molecule has 3 aliphatic heterocycles. The summed E-state index contributed by atoms with van der Waals surface area (Å²) in [5.74, 6) is -0.541. The van der Waals surface area contributed by atoms with Gasteiger partial charge in [-0.2, -0.15) is 0 Å². The molecule has 2 amide bonds. The smallest absolute Gasteiger partial charge is 0.320 e. The van der Waals surface area contributed by atoms with Crippen LogP contribution in [0.15, 0.2) is 0 Å². The normalized spacial score (nSPS) is 41.1. The highest BCUT2D eigenvalue weighted by Crippen LogP contribution is 2.43. The summed E-state index contributed by atoms with van der Waals surface area (Å²) in [5, 5.41) is 9.24. The van der Waals surface area contributed by atoms with Crippen molar-refractivity contribution in [3.63, 3.8) is 0 Å². The highest BCUT2D eigenvalue weighted by Gasteiger charge is 2.53. The van der Waals surface area contributed by atoms with Crippen molar-refractivity contribution in [1.82, 2.24) is 9.80 Å². The Morgan fingerprint density at radius 3 is 2.42 bits per heavy atom. The second kappa shape index (κ2) is 4.39. The number of carbonyl (C=O) groups excluding carboxylic acids is 1. The molecule has 2 bridgehead atoms. The molecule has 3 heterocycles. The van der Waals surface area contributed by atoms with Crippen LogP contribution >= 0.6 is 0 Å². The molecule has 3 saturated heterocycles. The zero-order chi connectivity index (χ0) is 13.7. The van der Waals surface area contributed by atoms with Gasteiger partial charge < -0.3 is 14.9 Å². The Morgan fingerprint density at radius 2 is 1.89 bits per heavy atom. The van der Waals surface area contributed by atoms with E-state index in [0.29, 0.717) is 12.3 Å². The maximum atomic E-state index is 12.7. The van der Waals surface area contributed by atoms with E-state index in [1.165, 1.54) is 0 Å². The maximum Gasteiger partial charge on any atom is 0.320 e. The van der Waals surface area contributed by atoms with Gasteiger partial charge in [-0.3, -0.25) is 4.79 Å². The molecule has 1 N–H and O–H groups in total. The van der Waals surface area contributed by atoms with Gasteiger partial charge in [-0.15, -0.1) is 0 Å². The molecule has 0 aromatic rings. The van der Waals surface area contributed by atoms with Crippen LogP contribution in [0.3, 0.4) is 0 Å². The van der Waals surface area contributed by atoms with Crippen LogP contribution in [0.5, 0.6) is 0 Å². The Labute approximate surface area is 113 Å². The van der Waals surface area contributed by atoms with E-state index in [-0.39, 0.29) is 30.1 Å². The first-order valence-electron chi connectivity index (χ1n) is 7.30. The van der Waals surface area contributed by atoms with Crippen molar-refractivity contribution >= 4 is 12.0 Å². The number of fused-ring (bicyclic) bond motifs is 2. The quantitative estimate of drug-likeness (QED) is 0.787. The predicted octanol–water partition coefficient (Wildman–Crippen LogP) is 1.77. The Hall–Kier alpha value is -1.26. The van der Waals surface area contributed by atoms with Crippen molar-refractivity contribution < 1.29 is 14.7 Å². The van der Waals surface area contributed by atoms with E-state index >= 15 is 0 Å². The summed E-state index contributed by atoms with van der Waals surface area (Å²) in [6, 6.07) is 0.443. The Bertz CT molecular complexity index is 411. The number of hydrogen-bond acceptors (Lipinski definition) is 2. The zero-order valence-corrected chi connectivity index (χ0v) is 11.6. The van der Waals surface area contributed by atoms with Gasteiger partial charge in [0.1, 0.15) is 0 Å². The molecule has 5 heteroatoms. The molecule has 0 radical (unpaired) electrons. The third-order valence-electron chi connectivity index (χ3n) is 5.10. The van der Waals surface area contributed by atoms with Gasteiger partial charge in [0.25, 0.3) is 0 Å². The number of likely N-dealkylation sites (tertiary alicyclic amines) is 1. The molecule has 5 nitrogen and oxygen atoms in total. The molecule has 0 aliphatic carbocycles. The first-order valence-corrected chi connectivity index (χ1v) is 7.30. The van der Waals surface area contributed by atoms with Crippen molar-refractivity contribution in [2.24, 2.45) is 11.8 Å². The number of carboxylic acid groups (broad SMARTS) is 1. The fourth-order valence-electron chi connectivity index (χ4n) is 4.27. The van der Waals surface area contributed by atoms with Crippen molar-refractivity contribution in [2.45, 2.75) is 57.7 Å². The van der Waals surface area contributed by atoms with E-state index in [9.17, 15) is 14.7 Å². The number of amides is 2. The second-order valence-corrected chi connectivity index (χ2v) is 6.51. The van der Waals surface area contributed by atoms with Gasteiger partial charge in [-0.1, -0.05) is 6.92 Å². The zero-order valence-electron chi connectivity index (χ0n) is 11.6. The first kappa shape index (κ1) is 12.8. The number of carboxylic acids is 1. The van der Waals surface area contributed by atoms with Crippen molar-refractivity contribution in [1.29, 1.82) is 0 Å². The summed E-state index contributed by atoms with van der Waals surface area (Å²) in [6.45, 7) is 5.07. The van der Waals surface area contributed by atoms with Crippen molar-refractivity contribution in [3.05, 3.63) is 0 Å². The lowest BCUT2D eigenvalue weighted by Crippen LogP contribution is -2.47. The van der Waals surface area contributed by atoms with E-state index in [0.717, 1.165) is 25.8 Å². The fourth-order valence-corrected chi connectivity index (χ4v) is 4.27. The Morgan fingerprint density at radius 1 is 1.16 bits per heavy atom. The van der Waals surface area contributed by atoms with Crippen LogP contribution in [-0.2, 0) is 4.79 Å². The van der Waals surface area contributed by atoms with E-state index < -0.39 is 5.97 Å². The first-order chi connectivity index (χ1) is 8.99. The van der Waals surface area contributed by atoms with Gasteiger partial charge in [0.15, 0.2) is 0 Å². The van der Waals surface area contributed by atoms with Crippen LogP contribution in [0.4, 0.5) is 4.79 Å². The summed E-state index contributed by atoms with van der Waals surface area (Å²) in [6.07, 6.45) is 3.52. The van der Waals surface area contributed by atoms with Gasteiger partial charge in [0.05, 0.1) is 5.92 Å². The molecular weight excluding hydrogens is 244 g/mol. The summed E-state index contributed by atoms with van der Waals surface area (Å²) in [5.41, 5.74) is 0. The van der Waals surface area contributed by atoms with Gasteiger partial charge in [-0.25, -0.2) is 4.79 Å². The van der Waals surface area contributed by atoms with E-state index in [4.69, 9.17) is 0 Å². The number of hydrogen-bond donors (Lipinski definition) is 1. The number of nitrogens with zero attached hydrogens (tertiary/aromatic N) is 2. The minimum absolute atomic E-state index is 0.0712. The van der Waals surface area contributed by atoms with Gasteiger partial charge in [0, 0.05) is 24.7 Å². The lowest BCUT2D eigenvalue weighted by atomic mass is 9.89. The van der Waals surface area contributed by atoms with Crippen molar-refractivity contribution in [2.75, 3.05) is 6.54 Å². The topological polar surface area (TPSA) is 60.9 Å². The highest BCUT2D eigenvalue weighted by atomic mass is 16.4. The maximum absolute atomic E-state index is 12.7. The molecule has 3 aliphatic rings. The standard InChI is InChI=1S/C14H22N2O3/c1-8-5-9(2)15(7-8)14(19)16-10-3-4-12(16)11(6-10)13(17)18/h8-12H,3-7H2,1-2H3,(H,17,18). The molecule has 3 rings (SSSR count). The van der Waals surface area contributed by atoms with Gasteiger partial charge >= 0.3 is 12.0 Å². The highest BCUT2D eigenvalue weighted by molar-refractivity contribution is 5.80.